The Morgan fingerprint density at radius 1 is 1.12 bits per heavy atom. The molecule has 0 aliphatic carbocycles. The van der Waals surface area contributed by atoms with Crippen LogP contribution >= 0.6 is 11.8 Å². The summed E-state index contributed by atoms with van der Waals surface area (Å²) in [4.78, 5) is 26.3. The fraction of sp³-hybridized carbons (Fsp3) is 0.250. The molecule has 2 aromatic carbocycles. The minimum atomic E-state index is -0.537. The van der Waals surface area contributed by atoms with E-state index < -0.39 is 5.97 Å². The molecule has 26 heavy (non-hydrogen) atoms. The van der Waals surface area contributed by atoms with E-state index in [0.717, 1.165) is 10.5 Å². The van der Waals surface area contributed by atoms with Crippen molar-refractivity contribution in [1.82, 2.24) is 9.78 Å². The van der Waals surface area contributed by atoms with E-state index in [2.05, 4.69) is 5.10 Å². The molecule has 3 rings (SSSR count). The van der Waals surface area contributed by atoms with Gasteiger partial charge in [-0.2, -0.15) is 5.10 Å². The molecule has 1 heterocycles. The van der Waals surface area contributed by atoms with Crippen molar-refractivity contribution < 1.29 is 9.53 Å². The smallest absolute Gasteiger partial charge is 0.359 e. The van der Waals surface area contributed by atoms with Gasteiger partial charge in [0.2, 0.25) is 0 Å². The maximum Gasteiger partial charge on any atom is 0.359 e. The molecule has 0 saturated heterocycles. The molecule has 0 aliphatic heterocycles. The van der Waals surface area contributed by atoms with E-state index in [0.29, 0.717) is 10.8 Å². The van der Waals surface area contributed by atoms with Gasteiger partial charge in [0.1, 0.15) is 6.61 Å². The summed E-state index contributed by atoms with van der Waals surface area (Å²) < 4.78 is 6.77. The number of benzene rings is 2. The number of hydrogen-bond acceptors (Lipinski definition) is 5. The number of aromatic nitrogens is 2. The third-order valence-electron chi connectivity index (χ3n) is 4.04. The Morgan fingerprint density at radius 2 is 1.77 bits per heavy atom. The van der Waals surface area contributed by atoms with E-state index >= 15 is 0 Å². The predicted octanol–water partition coefficient (Wildman–Crippen LogP) is 4.06. The molecule has 0 radical (unpaired) electrons. The van der Waals surface area contributed by atoms with Gasteiger partial charge >= 0.3 is 5.97 Å². The molecule has 1 aromatic heterocycles. The van der Waals surface area contributed by atoms with E-state index in [-0.39, 0.29) is 23.9 Å². The number of carbonyl (C=O) groups excluding carboxylic acids is 1. The van der Waals surface area contributed by atoms with E-state index in [9.17, 15) is 9.59 Å². The van der Waals surface area contributed by atoms with Gasteiger partial charge in [-0.1, -0.05) is 30.3 Å². The normalized spacial score (nSPS) is 11.1. The fourth-order valence-electron chi connectivity index (χ4n) is 2.65. The summed E-state index contributed by atoms with van der Waals surface area (Å²) >= 11 is 1.66. The molecule has 0 spiro atoms. The number of nitrogens with zero attached hydrogens (tertiary/aromatic N) is 2. The highest BCUT2D eigenvalue weighted by Crippen LogP contribution is 2.18. The van der Waals surface area contributed by atoms with Gasteiger partial charge in [0.25, 0.3) is 5.56 Å². The maximum atomic E-state index is 12.6. The number of carbonyl (C=O) groups is 1. The molecule has 5 nitrogen and oxygen atoms in total. The average Bonchev–Trinajstić information content (AvgIpc) is 2.66. The molecule has 6 heteroatoms. The maximum absolute atomic E-state index is 12.6. The van der Waals surface area contributed by atoms with E-state index in [4.69, 9.17) is 4.74 Å². The van der Waals surface area contributed by atoms with E-state index in [1.54, 1.807) is 36.0 Å². The first-order valence-corrected chi connectivity index (χ1v) is 9.55. The lowest BCUT2D eigenvalue weighted by Crippen LogP contribution is -2.27. The van der Waals surface area contributed by atoms with E-state index in [1.807, 2.05) is 44.4 Å². The van der Waals surface area contributed by atoms with Crippen molar-refractivity contribution in [3.05, 3.63) is 70.1 Å². The highest BCUT2D eigenvalue weighted by molar-refractivity contribution is 7.98. The highest BCUT2D eigenvalue weighted by atomic mass is 32.2. The minimum absolute atomic E-state index is 0.155. The SMILES string of the molecule is CSc1ccc(COC(=O)c2nn(C(C)C)c(=O)c3ccccc23)cc1. The van der Waals surface area contributed by atoms with Gasteiger partial charge in [0, 0.05) is 10.3 Å². The van der Waals surface area contributed by atoms with Gasteiger partial charge in [-0.05, 0) is 43.9 Å². The lowest BCUT2D eigenvalue weighted by Gasteiger charge is -2.13. The fourth-order valence-corrected chi connectivity index (χ4v) is 3.05. The van der Waals surface area contributed by atoms with Crippen molar-refractivity contribution in [2.24, 2.45) is 0 Å². The number of rotatable bonds is 5. The van der Waals surface area contributed by atoms with Crippen LogP contribution in [0.1, 0.15) is 35.9 Å². The lowest BCUT2D eigenvalue weighted by atomic mass is 10.1. The number of ether oxygens (including phenoxy) is 1. The number of thioether (sulfide) groups is 1. The van der Waals surface area contributed by atoms with E-state index in [1.165, 1.54) is 4.68 Å². The number of hydrogen-bond donors (Lipinski definition) is 0. The summed E-state index contributed by atoms with van der Waals surface area (Å²) in [6, 6.07) is 14.7. The summed E-state index contributed by atoms with van der Waals surface area (Å²) in [5, 5.41) is 5.24. The second kappa shape index (κ2) is 7.74. The predicted molar refractivity (Wildman–Crippen MR) is 104 cm³/mol. The van der Waals surface area contributed by atoms with Gasteiger partial charge < -0.3 is 4.74 Å². The molecule has 0 N–H and O–H groups in total. The molecule has 0 bridgehead atoms. The van der Waals surface area contributed by atoms with Crippen LogP contribution < -0.4 is 5.56 Å². The summed E-state index contributed by atoms with van der Waals surface area (Å²) in [5.74, 6) is -0.537. The first-order valence-electron chi connectivity index (χ1n) is 8.33. The van der Waals surface area contributed by atoms with Crippen molar-refractivity contribution in [3.63, 3.8) is 0 Å². The van der Waals surface area contributed by atoms with Crippen molar-refractivity contribution in [2.75, 3.05) is 6.26 Å². The second-order valence-electron chi connectivity index (χ2n) is 6.16. The van der Waals surface area contributed by atoms with Crippen LogP contribution in [-0.2, 0) is 11.3 Å². The highest BCUT2D eigenvalue weighted by Gasteiger charge is 2.19. The number of fused-ring (bicyclic) bond motifs is 1. The third-order valence-corrected chi connectivity index (χ3v) is 4.78. The first kappa shape index (κ1) is 18.2. The van der Waals surface area contributed by atoms with Gasteiger partial charge in [-0.25, -0.2) is 9.48 Å². The Bertz CT molecular complexity index is 994. The summed E-state index contributed by atoms with van der Waals surface area (Å²) in [7, 11) is 0. The molecule has 3 aromatic rings. The molecular formula is C20H20N2O3S. The van der Waals surface area contributed by atoms with Crippen LogP contribution in [-0.4, -0.2) is 22.0 Å². The first-order chi connectivity index (χ1) is 12.5. The van der Waals surface area contributed by atoms with Crippen LogP contribution in [0.15, 0.2) is 58.2 Å². The molecule has 0 saturated carbocycles. The monoisotopic (exact) mass is 368 g/mol. The van der Waals surface area contributed by atoms with Crippen molar-refractivity contribution in [3.8, 4) is 0 Å². The molecule has 0 aliphatic rings. The zero-order valence-corrected chi connectivity index (χ0v) is 15.7. The Labute approximate surface area is 156 Å². The topological polar surface area (TPSA) is 61.2 Å². The van der Waals surface area contributed by atoms with Crippen LogP contribution in [0, 0.1) is 0 Å². The van der Waals surface area contributed by atoms with Crippen LogP contribution in [0.3, 0.4) is 0 Å². The average molecular weight is 368 g/mol. The summed E-state index contributed by atoms with van der Waals surface area (Å²) in [6.07, 6.45) is 2.01. The van der Waals surface area contributed by atoms with Crippen LogP contribution in [0.5, 0.6) is 0 Å². The van der Waals surface area contributed by atoms with Crippen LogP contribution in [0.25, 0.3) is 10.8 Å². The molecular weight excluding hydrogens is 348 g/mol. The Kier molecular flexibility index (Phi) is 5.42. The zero-order valence-electron chi connectivity index (χ0n) is 14.9. The van der Waals surface area contributed by atoms with Crippen LogP contribution in [0.4, 0.5) is 0 Å². The third kappa shape index (κ3) is 3.65. The summed E-state index contributed by atoms with van der Waals surface area (Å²) in [6.45, 7) is 3.86. The Morgan fingerprint density at radius 3 is 2.38 bits per heavy atom. The van der Waals surface area contributed by atoms with Gasteiger partial charge in [0.05, 0.1) is 11.4 Å². The second-order valence-corrected chi connectivity index (χ2v) is 7.04. The lowest BCUT2D eigenvalue weighted by molar-refractivity contribution is 0.0465. The van der Waals surface area contributed by atoms with Gasteiger partial charge in [-0.3, -0.25) is 4.79 Å². The molecule has 0 fully saturated rings. The molecule has 0 atom stereocenters. The van der Waals surface area contributed by atoms with Crippen molar-refractivity contribution >= 4 is 28.5 Å². The molecule has 0 amide bonds. The summed E-state index contributed by atoms with van der Waals surface area (Å²) in [5.41, 5.74) is 0.854. The van der Waals surface area contributed by atoms with Crippen LogP contribution in [0.2, 0.25) is 0 Å². The van der Waals surface area contributed by atoms with Gasteiger partial charge in [-0.15, -0.1) is 11.8 Å². The standard InChI is InChI=1S/C20H20N2O3S/c1-13(2)22-19(23)17-7-5-4-6-16(17)18(21-22)20(24)25-12-14-8-10-15(26-3)11-9-14/h4-11,13H,12H2,1-3H3. The Balaban J connectivity index is 1.92. The van der Waals surface area contributed by atoms with Gasteiger partial charge in [0.15, 0.2) is 5.69 Å². The van der Waals surface area contributed by atoms with Crippen molar-refractivity contribution in [1.29, 1.82) is 0 Å². The van der Waals surface area contributed by atoms with Crippen molar-refractivity contribution in [2.45, 2.75) is 31.4 Å². The quantitative estimate of drug-likeness (QED) is 0.502. The Hall–Kier alpha value is -2.60. The number of esters is 1. The minimum Gasteiger partial charge on any atom is -0.456 e. The largest absolute Gasteiger partial charge is 0.456 e. The molecule has 0 unspecified atom stereocenters. The zero-order chi connectivity index (χ0) is 18.7. The molecule has 134 valence electrons.